The van der Waals surface area contributed by atoms with Gasteiger partial charge < -0.3 is 5.32 Å². The SMILES string of the molecule is Cc1cn2nc(C3CCC(C)CN3)cc2nc1Cl. The summed E-state index contributed by atoms with van der Waals surface area (Å²) < 4.78 is 1.82. The maximum absolute atomic E-state index is 6.03. The fraction of sp³-hybridized carbons (Fsp3) is 0.538. The summed E-state index contributed by atoms with van der Waals surface area (Å²) in [5.41, 5.74) is 2.83. The molecule has 1 fully saturated rings. The first kappa shape index (κ1) is 11.9. The molecule has 4 nitrogen and oxygen atoms in total. The van der Waals surface area contributed by atoms with Crippen LogP contribution in [-0.2, 0) is 0 Å². The van der Waals surface area contributed by atoms with Crippen molar-refractivity contribution in [3.8, 4) is 0 Å². The Labute approximate surface area is 111 Å². The Morgan fingerprint density at radius 1 is 1.44 bits per heavy atom. The van der Waals surface area contributed by atoms with Gasteiger partial charge in [-0.1, -0.05) is 18.5 Å². The average molecular weight is 265 g/mol. The molecule has 3 rings (SSSR count). The van der Waals surface area contributed by atoms with Crippen LogP contribution in [0.15, 0.2) is 12.3 Å². The number of aryl methyl sites for hydroxylation is 1. The number of fused-ring (bicyclic) bond motifs is 1. The molecule has 2 unspecified atom stereocenters. The van der Waals surface area contributed by atoms with Crippen LogP contribution in [0.3, 0.4) is 0 Å². The zero-order valence-electron chi connectivity index (χ0n) is 10.7. The van der Waals surface area contributed by atoms with E-state index in [9.17, 15) is 0 Å². The van der Waals surface area contributed by atoms with E-state index >= 15 is 0 Å². The van der Waals surface area contributed by atoms with Crippen LogP contribution in [0.4, 0.5) is 0 Å². The van der Waals surface area contributed by atoms with Gasteiger partial charge in [-0.05, 0) is 32.2 Å². The Balaban J connectivity index is 1.93. The molecule has 3 heterocycles. The number of halogens is 1. The Morgan fingerprint density at radius 2 is 2.28 bits per heavy atom. The first-order valence-corrected chi connectivity index (χ1v) is 6.77. The molecule has 0 radical (unpaired) electrons. The van der Waals surface area contributed by atoms with Crippen molar-refractivity contribution in [2.75, 3.05) is 6.54 Å². The largest absolute Gasteiger partial charge is 0.308 e. The van der Waals surface area contributed by atoms with Crippen molar-refractivity contribution in [2.45, 2.75) is 32.7 Å². The zero-order valence-corrected chi connectivity index (χ0v) is 11.4. The summed E-state index contributed by atoms with van der Waals surface area (Å²) in [6.45, 7) is 5.28. The summed E-state index contributed by atoms with van der Waals surface area (Å²) in [5, 5.41) is 8.69. The lowest BCUT2D eigenvalue weighted by molar-refractivity contribution is 0.328. The van der Waals surface area contributed by atoms with Crippen LogP contribution in [0.25, 0.3) is 5.65 Å². The standard InChI is InChI=1S/C13H17ClN4/c1-8-3-4-10(15-6-8)11-5-12-16-13(14)9(2)7-18(12)17-11/h5,7-8,10,15H,3-4,6H2,1-2H3. The summed E-state index contributed by atoms with van der Waals surface area (Å²) in [5.74, 6) is 0.757. The van der Waals surface area contributed by atoms with Crippen molar-refractivity contribution < 1.29 is 0 Å². The van der Waals surface area contributed by atoms with Crippen LogP contribution in [0, 0.1) is 12.8 Å². The number of aromatic nitrogens is 3. The first-order valence-electron chi connectivity index (χ1n) is 6.39. The van der Waals surface area contributed by atoms with Gasteiger partial charge in [0.05, 0.1) is 11.7 Å². The number of piperidine rings is 1. The maximum Gasteiger partial charge on any atom is 0.157 e. The monoisotopic (exact) mass is 264 g/mol. The van der Waals surface area contributed by atoms with Crippen molar-refractivity contribution in [1.82, 2.24) is 19.9 Å². The molecule has 2 aromatic heterocycles. The van der Waals surface area contributed by atoms with Crippen molar-refractivity contribution in [1.29, 1.82) is 0 Å². The summed E-state index contributed by atoms with van der Waals surface area (Å²) in [4.78, 5) is 4.34. The molecule has 0 spiro atoms. The molecular formula is C13H17ClN4. The second kappa shape index (κ2) is 4.52. The second-order valence-corrected chi connectivity index (χ2v) is 5.59. The molecule has 1 aliphatic heterocycles. The quantitative estimate of drug-likeness (QED) is 0.806. The molecule has 1 saturated heterocycles. The third-order valence-electron chi connectivity index (χ3n) is 3.61. The van der Waals surface area contributed by atoms with Gasteiger partial charge in [0.1, 0.15) is 5.15 Å². The molecule has 1 N–H and O–H groups in total. The van der Waals surface area contributed by atoms with Gasteiger partial charge in [0, 0.05) is 17.8 Å². The molecule has 5 heteroatoms. The Kier molecular flexibility index (Phi) is 2.99. The Hall–Kier alpha value is -1.13. The van der Waals surface area contributed by atoms with Gasteiger partial charge in [-0.3, -0.25) is 0 Å². The van der Waals surface area contributed by atoms with Crippen molar-refractivity contribution in [3.63, 3.8) is 0 Å². The highest BCUT2D eigenvalue weighted by Crippen LogP contribution is 2.25. The highest BCUT2D eigenvalue weighted by atomic mass is 35.5. The number of hydrogen-bond donors (Lipinski definition) is 1. The van der Waals surface area contributed by atoms with Crippen molar-refractivity contribution in [3.05, 3.63) is 28.7 Å². The summed E-state index contributed by atoms with van der Waals surface area (Å²) in [6, 6.07) is 2.38. The molecule has 1 aliphatic rings. The predicted molar refractivity (Wildman–Crippen MR) is 71.9 cm³/mol. The van der Waals surface area contributed by atoms with E-state index < -0.39 is 0 Å². The van der Waals surface area contributed by atoms with Crippen LogP contribution < -0.4 is 5.32 Å². The lowest BCUT2D eigenvalue weighted by atomic mass is 9.95. The van der Waals surface area contributed by atoms with E-state index in [0.29, 0.717) is 11.2 Å². The van der Waals surface area contributed by atoms with Gasteiger partial charge in [-0.2, -0.15) is 5.10 Å². The molecule has 18 heavy (non-hydrogen) atoms. The molecule has 0 aromatic carbocycles. The van der Waals surface area contributed by atoms with Gasteiger partial charge in [0.2, 0.25) is 0 Å². The van der Waals surface area contributed by atoms with E-state index in [1.54, 1.807) is 0 Å². The molecule has 0 amide bonds. The minimum absolute atomic E-state index is 0.349. The van der Waals surface area contributed by atoms with Crippen molar-refractivity contribution in [2.24, 2.45) is 5.92 Å². The lowest BCUT2D eigenvalue weighted by Gasteiger charge is -2.26. The topological polar surface area (TPSA) is 42.2 Å². The molecule has 0 bridgehead atoms. The van der Waals surface area contributed by atoms with E-state index in [0.717, 1.165) is 35.8 Å². The van der Waals surface area contributed by atoms with Crippen LogP contribution >= 0.6 is 11.6 Å². The van der Waals surface area contributed by atoms with E-state index in [1.165, 1.54) is 6.42 Å². The summed E-state index contributed by atoms with van der Waals surface area (Å²) >= 11 is 6.03. The Bertz CT molecular complexity index is 531. The number of hydrogen-bond acceptors (Lipinski definition) is 3. The smallest absolute Gasteiger partial charge is 0.157 e. The minimum atomic E-state index is 0.349. The fourth-order valence-corrected chi connectivity index (χ4v) is 2.56. The zero-order chi connectivity index (χ0) is 12.7. The number of nitrogens with zero attached hydrogens (tertiary/aromatic N) is 3. The normalized spacial score (nSPS) is 24.6. The summed E-state index contributed by atoms with van der Waals surface area (Å²) in [6.07, 6.45) is 4.32. The maximum atomic E-state index is 6.03. The van der Waals surface area contributed by atoms with Gasteiger partial charge >= 0.3 is 0 Å². The van der Waals surface area contributed by atoms with E-state index in [2.05, 4.69) is 22.3 Å². The average Bonchev–Trinajstić information content (AvgIpc) is 2.73. The van der Waals surface area contributed by atoms with E-state index in [4.69, 9.17) is 11.6 Å². The van der Waals surface area contributed by atoms with E-state index in [-0.39, 0.29) is 0 Å². The molecule has 0 saturated carbocycles. The molecule has 96 valence electrons. The van der Waals surface area contributed by atoms with Crippen LogP contribution in [0.5, 0.6) is 0 Å². The van der Waals surface area contributed by atoms with Gasteiger partial charge in [0.15, 0.2) is 5.65 Å². The highest BCUT2D eigenvalue weighted by molar-refractivity contribution is 6.30. The highest BCUT2D eigenvalue weighted by Gasteiger charge is 2.21. The predicted octanol–water partition coefficient (Wildman–Crippen LogP) is 2.75. The minimum Gasteiger partial charge on any atom is -0.308 e. The van der Waals surface area contributed by atoms with Crippen molar-refractivity contribution >= 4 is 17.2 Å². The van der Waals surface area contributed by atoms with Crippen LogP contribution in [0.1, 0.15) is 37.1 Å². The first-order chi connectivity index (χ1) is 8.63. The third-order valence-corrected chi connectivity index (χ3v) is 3.99. The Morgan fingerprint density at radius 3 is 3.00 bits per heavy atom. The summed E-state index contributed by atoms with van der Waals surface area (Å²) in [7, 11) is 0. The van der Waals surface area contributed by atoms with Gasteiger partial charge in [-0.15, -0.1) is 0 Å². The second-order valence-electron chi connectivity index (χ2n) is 5.23. The van der Waals surface area contributed by atoms with Gasteiger partial charge in [-0.25, -0.2) is 9.50 Å². The van der Waals surface area contributed by atoms with E-state index in [1.807, 2.05) is 23.7 Å². The van der Waals surface area contributed by atoms with Crippen LogP contribution in [-0.4, -0.2) is 21.1 Å². The molecular weight excluding hydrogens is 248 g/mol. The molecule has 0 aliphatic carbocycles. The van der Waals surface area contributed by atoms with Gasteiger partial charge in [0.25, 0.3) is 0 Å². The number of rotatable bonds is 1. The molecule has 2 atom stereocenters. The molecule has 2 aromatic rings. The lowest BCUT2D eigenvalue weighted by Crippen LogP contribution is -2.32. The van der Waals surface area contributed by atoms with Crippen LogP contribution in [0.2, 0.25) is 5.15 Å². The third kappa shape index (κ3) is 2.10. The fourth-order valence-electron chi connectivity index (χ4n) is 2.43. The number of nitrogens with one attached hydrogen (secondary N) is 1.